The van der Waals surface area contributed by atoms with Gasteiger partial charge in [0.1, 0.15) is 11.9 Å². The fraction of sp³-hybridized carbons (Fsp3) is 0.615. The summed E-state index contributed by atoms with van der Waals surface area (Å²) in [5, 5.41) is 0. The second-order valence-electron chi connectivity index (χ2n) is 5.66. The third-order valence-electron chi connectivity index (χ3n) is 2.87. The van der Waals surface area contributed by atoms with Gasteiger partial charge in [-0.2, -0.15) is 0 Å². The van der Waals surface area contributed by atoms with E-state index in [0.29, 0.717) is 6.54 Å². The highest BCUT2D eigenvalue weighted by Gasteiger charge is 2.30. The minimum atomic E-state index is -0.468. The molecule has 5 heteroatoms. The van der Waals surface area contributed by atoms with Crippen molar-refractivity contribution in [2.24, 2.45) is 0 Å². The third-order valence-corrected chi connectivity index (χ3v) is 2.87. The first-order valence-corrected chi connectivity index (χ1v) is 6.14. The Hall–Kier alpha value is -1.65. The number of nitrogens with zero attached hydrogens (tertiary/aromatic N) is 3. The second-order valence-corrected chi connectivity index (χ2v) is 5.66. The number of carbonyl (C=O) groups excluding carboxylic acids is 1. The van der Waals surface area contributed by atoms with Gasteiger partial charge in [-0.25, -0.2) is 14.8 Å². The lowest BCUT2D eigenvalue weighted by molar-refractivity contribution is 0.0136. The molecule has 0 radical (unpaired) electrons. The SMILES string of the molecule is CC1Cc2ncncc2CN1C(=O)OC(C)(C)C. The molecule has 2 rings (SSSR count). The molecule has 0 saturated carbocycles. The van der Waals surface area contributed by atoms with Gasteiger partial charge in [0, 0.05) is 24.2 Å². The molecule has 1 aromatic rings. The van der Waals surface area contributed by atoms with E-state index in [1.165, 1.54) is 0 Å². The molecule has 0 spiro atoms. The molecule has 1 atom stereocenters. The number of amides is 1. The van der Waals surface area contributed by atoms with Crippen molar-refractivity contribution >= 4 is 6.09 Å². The minimum absolute atomic E-state index is 0.0993. The third kappa shape index (κ3) is 2.78. The van der Waals surface area contributed by atoms with Crippen molar-refractivity contribution in [1.82, 2.24) is 14.9 Å². The zero-order valence-corrected chi connectivity index (χ0v) is 11.3. The normalized spacial score (nSPS) is 19.3. The van der Waals surface area contributed by atoms with Crippen LogP contribution in [-0.4, -0.2) is 32.6 Å². The Bertz CT molecular complexity index is 454. The van der Waals surface area contributed by atoms with Crippen LogP contribution in [0.25, 0.3) is 0 Å². The lowest BCUT2D eigenvalue weighted by Gasteiger charge is -2.35. The molecule has 1 aliphatic heterocycles. The van der Waals surface area contributed by atoms with E-state index >= 15 is 0 Å². The quantitative estimate of drug-likeness (QED) is 0.707. The summed E-state index contributed by atoms with van der Waals surface area (Å²) >= 11 is 0. The lowest BCUT2D eigenvalue weighted by atomic mass is 10.0. The molecule has 1 aromatic heterocycles. The van der Waals surface area contributed by atoms with Crippen molar-refractivity contribution in [3.05, 3.63) is 23.8 Å². The largest absolute Gasteiger partial charge is 0.444 e. The van der Waals surface area contributed by atoms with Gasteiger partial charge in [-0.15, -0.1) is 0 Å². The maximum Gasteiger partial charge on any atom is 0.410 e. The summed E-state index contributed by atoms with van der Waals surface area (Å²) in [7, 11) is 0. The molecule has 1 unspecified atom stereocenters. The Kier molecular flexibility index (Phi) is 3.24. The van der Waals surface area contributed by atoms with Crippen LogP contribution in [0, 0.1) is 0 Å². The fourth-order valence-electron chi connectivity index (χ4n) is 1.99. The fourth-order valence-corrected chi connectivity index (χ4v) is 1.99. The highest BCUT2D eigenvalue weighted by Crippen LogP contribution is 2.22. The molecule has 98 valence electrons. The Morgan fingerprint density at radius 3 is 2.89 bits per heavy atom. The first kappa shape index (κ1) is 12.8. The molecule has 18 heavy (non-hydrogen) atoms. The predicted octanol–water partition coefficient (Wildman–Crippen LogP) is 2.16. The van der Waals surface area contributed by atoms with E-state index in [9.17, 15) is 4.79 Å². The molecule has 5 nitrogen and oxygen atoms in total. The molecule has 0 fully saturated rings. The van der Waals surface area contributed by atoms with Crippen LogP contribution in [0.5, 0.6) is 0 Å². The molecule has 2 heterocycles. The Balaban J connectivity index is 2.14. The van der Waals surface area contributed by atoms with Crippen molar-refractivity contribution in [1.29, 1.82) is 0 Å². The summed E-state index contributed by atoms with van der Waals surface area (Å²) in [4.78, 5) is 22.1. The Labute approximate surface area is 107 Å². The number of ether oxygens (including phenoxy) is 1. The van der Waals surface area contributed by atoms with Gasteiger partial charge in [-0.05, 0) is 27.7 Å². The van der Waals surface area contributed by atoms with E-state index in [0.717, 1.165) is 17.7 Å². The number of aromatic nitrogens is 2. The van der Waals surface area contributed by atoms with E-state index < -0.39 is 5.60 Å². The van der Waals surface area contributed by atoms with Gasteiger partial charge in [-0.1, -0.05) is 0 Å². The van der Waals surface area contributed by atoms with Crippen molar-refractivity contribution in [3.63, 3.8) is 0 Å². The van der Waals surface area contributed by atoms with Gasteiger partial charge in [0.2, 0.25) is 0 Å². The molecule has 1 amide bonds. The number of fused-ring (bicyclic) bond motifs is 1. The van der Waals surface area contributed by atoms with Crippen LogP contribution in [-0.2, 0) is 17.7 Å². The lowest BCUT2D eigenvalue weighted by Crippen LogP contribution is -2.45. The molecule has 0 N–H and O–H groups in total. The standard InChI is InChI=1S/C13H19N3O2/c1-9-5-11-10(6-14-8-15-11)7-16(9)12(17)18-13(2,3)4/h6,8-9H,5,7H2,1-4H3. The van der Waals surface area contributed by atoms with Crippen molar-refractivity contribution in [2.75, 3.05) is 0 Å². The van der Waals surface area contributed by atoms with Crippen molar-refractivity contribution in [2.45, 2.75) is 52.3 Å². The van der Waals surface area contributed by atoms with Crippen molar-refractivity contribution < 1.29 is 9.53 Å². The van der Waals surface area contributed by atoms with Crippen LogP contribution in [0.15, 0.2) is 12.5 Å². The van der Waals surface area contributed by atoms with Crippen LogP contribution in [0.1, 0.15) is 39.0 Å². The zero-order chi connectivity index (χ0) is 13.3. The second kappa shape index (κ2) is 4.55. The predicted molar refractivity (Wildman–Crippen MR) is 67.0 cm³/mol. The van der Waals surface area contributed by atoms with Gasteiger partial charge >= 0.3 is 6.09 Å². The van der Waals surface area contributed by atoms with Crippen LogP contribution in [0.3, 0.4) is 0 Å². The van der Waals surface area contributed by atoms with Crippen LogP contribution in [0.2, 0.25) is 0 Å². The number of rotatable bonds is 0. The first-order valence-electron chi connectivity index (χ1n) is 6.14. The smallest absolute Gasteiger partial charge is 0.410 e. The zero-order valence-electron chi connectivity index (χ0n) is 11.3. The molecule has 0 bridgehead atoms. The summed E-state index contributed by atoms with van der Waals surface area (Å²) in [5.41, 5.74) is 1.56. The highest BCUT2D eigenvalue weighted by molar-refractivity contribution is 5.69. The molecule has 0 aromatic carbocycles. The molecule has 1 aliphatic rings. The topological polar surface area (TPSA) is 55.3 Å². The molecular weight excluding hydrogens is 230 g/mol. The van der Waals surface area contributed by atoms with Gasteiger partial charge in [-0.3, -0.25) is 0 Å². The van der Waals surface area contributed by atoms with Crippen molar-refractivity contribution in [3.8, 4) is 0 Å². The van der Waals surface area contributed by atoms with Gasteiger partial charge in [0.05, 0.1) is 12.2 Å². The summed E-state index contributed by atoms with van der Waals surface area (Å²) < 4.78 is 5.41. The highest BCUT2D eigenvalue weighted by atomic mass is 16.6. The average molecular weight is 249 g/mol. The number of carbonyl (C=O) groups is 1. The van der Waals surface area contributed by atoms with Crippen LogP contribution >= 0.6 is 0 Å². The summed E-state index contributed by atoms with van der Waals surface area (Å²) in [6.45, 7) is 8.14. The summed E-state index contributed by atoms with van der Waals surface area (Å²) in [6, 6.07) is 0.0993. The van der Waals surface area contributed by atoms with E-state index in [-0.39, 0.29) is 12.1 Å². The van der Waals surface area contributed by atoms with E-state index in [2.05, 4.69) is 9.97 Å². The van der Waals surface area contributed by atoms with Crippen LogP contribution in [0.4, 0.5) is 4.79 Å². The molecule has 0 aliphatic carbocycles. The molecular formula is C13H19N3O2. The number of hydrogen-bond donors (Lipinski definition) is 0. The summed E-state index contributed by atoms with van der Waals surface area (Å²) in [6.07, 6.45) is 3.79. The molecule has 0 saturated heterocycles. The van der Waals surface area contributed by atoms with Gasteiger partial charge < -0.3 is 9.64 Å². The minimum Gasteiger partial charge on any atom is -0.444 e. The Morgan fingerprint density at radius 1 is 1.50 bits per heavy atom. The Morgan fingerprint density at radius 2 is 2.22 bits per heavy atom. The van der Waals surface area contributed by atoms with E-state index in [4.69, 9.17) is 4.74 Å². The van der Waals surface area contributed by atoms with E-state index in [1.54, 1.807) is 17.4 Å². The maximum atomic E-state index is 12.1. The van der Waals surface area contributed by atoms with Gasteiger partial charge in [0.25, 0.3) is 0 Å². The van der Waals surface area contributed by atoms with E-state index in [1.807, 2.05) is 27.7 Å². The average Bonchev–Trinajstić information content (AvgIpc) is 2.25. The number of hydrogen-bond acceptors (Lipinski definition) is 4. The first-order chi connectivity index (χ1) is 8.37. The monoisotopic (exact) mass is 249 g/mol. The summed E-state index contributed by atoms with van der Waals surface area (Å²) in [5.74, 6) is 0. The van der Waals surface area contributed by atoms with Crippen LogP contribution < -0.4 is 0 Å². The van der Waals surface area contributed by atoms with Gasteiger partial charge in [0.15, 0.2) is 0 Å². The maximum absolute atomic E-state index is 12.1.